The van der Waals surface area contributed by atoms with Gasteiger partial charge in [0.2, 0.25) is 5.95 Å². The molecule has 0 aromatic carbocycles. The highest BCUT2D eigenvalue weighted by Crippen LogP contribution is 2.08. The standard InChI is InChI=1S/C12H18N4O2S/c1-3-7-16(8-10(17)18-4-2)12-14-6-5-9(15-12)11(13)19/h5-6H,3-4,7-8H2,1-2H3,(H2,13,19). The molecule has 0 unspecified atom stereocenters. The van der Waals surface area contributed by atoms with Crippen LogP contribution in [-0.2, 0) is 9.53 Å². The van der Waals surface area contributed by atoms with Crippen LogP contribution in [0, 0.1) is 0 Å². The van der Waals surface area contributed by atoms with Crippen LogP contribution in [0.25, 0.3) is 0 Å². The minimum atomic E-state index is -0.305. The summed E-state index contributed by atoms with van der Waals surface area (Å²) in [5.74, 6) is 0.125. The number of thiocarbonyl (C=S) groups is 1. The van der Waals surface area contributed by atoms with Crippen molar-refractivity contribution in [1.82, 2.24) is 9.97 Å². The number of hydrogen-bond acceptors (Lipinski definition) is 6. The van der Waals surface area contributed by atoms with Crippen molar-refractivity contribution < 1.29 is 9.53 Å². The zero-order valence-electron chi connectivity index (χ0n) is 11.1. The molecular weight excluding hydrogens is 264 g/mol. The first-order valence-electron chi connectivity index (χ1n) is 6.11. The van der Waals surface area contributed by atoms with Gasteiger partial charge >= 0.3 is 5.97 Å². The van der Waals surface area contributed by atoms with Gasteiger partial charge in [-0.25, -0.2) is 9.97 Å². The fourth-order valence-corrected chi connectivity index (χ4v) is 1.63. The summed E-state index contributed by atoms with van der Waals surface area (Å²) in [6.45, 7) is 4.90. The lowest BCUT2D eigenvalue weighted by molar-refractivity contribution is -0.141. The zero-order chi connectivity index (χ0) is 14.3. The zero-order valence-corrected chi connectivity index (χ0v) is 11.9. The number of ether oxygens (including phenoxy) is 1. The van der Waals surface area contributed by atoms with E-state index in [1.165, 1.54) is 0 Å². The van der Waals surface area contributed by atoms with Crippen molar-refractivity contribution in [2.24, 2.45) is 5.73 Å². The third-order valence-electron chi connectivity index (χ3n) is 2.30. The van der Waals surface area contributed by atoms with Crippen LogP contribution in [0.5, 0.6) is 0 Å². The van der Waals surface area contributed by atoms with Crippen LogP contribution < -0.4 is 10.6 Å². The summed E-state index contributed by atoms with van der Waals surface area (Å²) in [5.41, 5.74) is 6.03. The minimum Gasteiger partial charge on any atom is -0.465 e. The summed E-state index contributed by atoms with van der Waals surface area (Å²) in [7, 11) is 0. The molecule has 2 N–H and O–H groups in total. The van der Waals surface area contributed by atoms with Gasteiger partial charge in [-0.15, -0.1) is 0 Å². The molecule has 0 radical (unpaired) electrons. The van der Waals surface area contributed by atoms with Crippen LogP contribution in [0.15, 0.2) is 12.3 Å². The molecule has 1 aromatic rings. The smallest absolute Gasteiger partial charge is 0.325 e. The molecule has 0 bridgehead atoms. The molecule has 0 saturated carbocycles. The summed E-state index contributed by atoms with van der Waals surface area (Å²) in [6, 6.07) is 1.64. The molecule has 7 heteroatoms. The Kier molecular flexibility index (Phi) is 6.14. The normalized spacial score (nSPS) is 10.0. The quantitative estimate of drug-likeness (QED) is 0.587. The molecular formula is C12H18N4O2S. The van der Waals surface area contributed by atoms with Gasteiger partial charge in [0.15, 0.2) is 0 Å². The number of anilines is 1. The highest BCUT2D eigenvalue weighted by atomic mass is 32.1. The van der Waals surface area contributed by atoms with Crippen molar-refractivity contribution in [3.05, 3.63) is 18.0 Å². The first-order chi connectivity index (χ1) is 9.08. The molecule has 0 aliphatic carbocycles. The predicted octanol–water partition coefficient (Wildman–Crippen LogP) is 0.890. The molecule has 19 heavy (non-hydrogen) atoms. The largest absolute Gasteiger partial charge is 0.465 e. The van der Waals surface area contributed by atoms with E-state index in [0.29, 0.717) is 24.8 Å². The van der Waals surface area contributed by atoms with E-state index >= 15 is 0 Å². The van der Waals surface area contributed by atoms with Gasteiger partial charge in [0.05, 0.1) is 6.61 Å². The summed E-state index contributed by atoms with van der Waals surface area (Å²) in [5, 5.41) is 0. The molecule has 0 aliphatic rings. The van der Waals surface area contributed by atoms with Crippen LogP contribution in [0.3, 0.4) is 0 Å². The van der Waals surface area contributed by atoms with E-state index in [1.54, 1.807) is 24.1 Å². The molecule has 0 spiro atoms. The summed E-state index contributed by atoms with van der Waals surface area (Å²) >= 11 is 4.88. The number of carbonyl (C=O) groups is 1. The Morgan fingerprint density at radius 1 is 1.53 bits per heavy atom. The van der Waals surface area contributed by atoms with Gasteiger partial charge in [0.25, 0.3) is 0 Å². The Balaban J connectivity index is 2.88. The van der Waals surface area contributed by atoms with Crippen molar-refractivity contribution in [3.8, 4) is 0 Å². The van der Waals surface area contributed by atoms with Crippen LogP contribution >= 0.6 is 12.2 Å². The fraction of sp³-hybridized carbons (Fsp3) is 0.500. The Hall–Kier alpha value is -1.76. The molecule has 104 valence electrons. The van der Waals surface area contributed by atoms with Crippen molar-refractivity contribution in [2.45, 2.75) is 20.3 Å². The van der Waals surface area contributed by atoms with E-state index in [-0.39, 0.29) is 17.5 Å². The lowest BCUT2D eigenvalue weighted by Crippen LogP contribution is -2.33. The Bertz CT molecular complexity index is 453. The average molecular weight is 282 g/mol. The Morgan fingerprint density at radius 3 is 2.84 bits per heavy atom. The number of hydrogen-bond donors (Lipinski definition) is 1. The highest BCUT2D eigenvalue weighted by Gasteiger charge is 2.15. The molecule has 0 atom stereocenters. The fourth-order valence-electron chi connectivity index (χ4n) is 1.52. The summed E-state index contributed by atoms with van der Waals surface area (Å²) in [6.07, 6.45) is 2.44. The lowest BCUT2D eigenvalue weighted by atomic mass is 10.4. The monoisotopic (exact) mass is 282 g/mol. The Labute approximate surface area is 118 Å². The van der Waals surface area contributed by atoms with E-state index in [9.17, 15) is 4.79 Å². The van der Waals surface area contributed by atoms with E-state index in [4.69, 9.17) is 22.7 Å². The number of rotatable bonds is 7. The second-order valence-corrected chi connectivity index (χ2v) is 4.27. The van der Waals surface area contributed by atoms with Crippen molar-refractivity contribution >= 4 is 29.1 Å². The first-order valence-corrected chi connectivity index (χ1v) is 6.52. The van der Waals surface area contributed by atoms with Gasteiger partial charge in [0, 0.05) is 12.7 Å². The first kappa shape index (κ1) is 15.3. The molecule has 0 fully saturated rings. The molecule has 1 rings (SSSR count). The number of carbonyl (C=O) groups excluding carboxylic acids is 1. The molecule has 1 aromatic heterocycles. The van der Waals surface area contributed by atoms with Gasteiger partial charge in [-0.2, -0.15) is 0 Å². The number of esters is 1. The number of nitrogens with zero attached hydrogens (tertiary/aromatic N) is 3. The van der Waals surface area contributed by atoms with Gasteiger partial charge in [-0.1, -0.05) is 19.1 Å². The van der Waals surface area contributed by atoms with Crippen LogP contribution in [0.4, 0.5) is 5.95 Å². The van der Waals surface area contributed by atoms with Gasteiger partial charge in [-0.05, 0) is 19.4 Å². The third-order valence-corrected chi connectivity index (χ3v) is 2.51. The molecule has 0 aliphatic heterocycles. The van der Waals surface area contributed by atoms with Crippen LogP contribution in [0.2, 0.25) is 0 Å². The van der Waals surface area contributed by atoms with Gasteiger partial charge in [0.1, 0.15) is 17.2 Å². The number of aromatic nitrogens is 2. The molecule has 0 amide bonds. The maximum atomic E-state index is 11.6. The predicted molar refractivity (Wildman–Crippen MR) is 77.1 cm³/mol. The van der Waals surface area contributed by atoms with Crippen molar-refractivity contribution in [1.29, 1.82) is 0 Å². The van der Waals surface area contributed by atoms with Crippen LogP contribution in [-0.4, -0.2) is 40.6 Å². The van der Waals surface area contributed by atoms with Crippen molar-refractivity contribution in [2.75, 3.05) is 24.6 Å². The van der Waals surface area contributed by atoms with Crippen LogP contribution in [0.1, 0.15) is 26.0 Å². The Morgan fingerprint density at radius 2 is 2.26 bits per heavy atom. The number of nitrogens with two attached hydrogens (primary N) is 1. The average Bonchev–Trinajstić information content (AvgIpc) is 2.38. The topological polar surface area (TPSA) is 81.3 Å². The third kappa shape index (κ3) is 4.78. The minimum absolute atomic E-state index is 0.114. The summed E-state index contributed by atoms with van der Waals surface area (Å²) in [4.78, 5) is 21.9. The van der Waals surface area contributed by atoms with E-state index in [0.717, 1.165) is 6.42 Å². The van der Waals surface area contributed by atoms with Crippen molar-refractivity contribution in [3.63, 3.8) is 0 Å². The molecule has 1 heterocycles. The van der Waals surface area contributed by atoms with E-state index in [1.807, 2.05) is 6.92 Å². The molecule has 6 nitrogen and oxygen atoms in total. The second-order valence-electron chi connectivity index (χ2n) is 3.83. The van der Waals surface area contributed by atoms with Gasteiger partial charge < -0.3 is 15.4 Å². The van der Waals surface area contributed by atoms with E-state index < -0.39 is 0 Å². The molecule has 0 saturated heterocycles. The lowest BCUT2D eigenvalue weighted by Gasteiger charge is -2.21. The maximum Gasteiger partial charge on any atom is 0.325 e. The van der Waals surface area contributed by atoms with E-state index in [2.05, 4.69) is 9.97 Å². The highest BCUT2D eigenvalue weighted by molar-refractivity contribution is 7.80. The maximum absolute atomic E-state index is 11.6. The van der Waals surface area contributed by atoms with Gasteiger partial charge in [-0.3, -0.25) is 4.79 Å². The SMILES string of the molecule is CCCN(CC(=O)OCC)c1nccc(C(N)=S)n1. The summed E-state index contributed by atoms with van der Waals surface area (Å²) < 4.78 is 4.93. The second kappa shape index (κ2) is 7.63.